The molecule has 1 N–H and O–H groups in total. The zero-order valence-corrected chi connectivity index (χ0v) is 12.9. The molecule has 1 aromatic carbocycles. The molecule has 20 heavy (non-hydrogen) atoms. The van der Waals surface area contributed by atoms with Crippen LogP contribution in [0, 0.1) is 0 Å². The summed E-state index contributed by atoms with van der Waals surface area (Å²) in [4.78, 5) is 2.76. The van der Waals surface area contributed by atoms with Crippen molar-refractivity contribution in [1.29, 1.82) is 0 Å². The molecule has 2 heteroatoms. The van der Waals surface area contributed by atoms with E-state index in [0.717, 1.165) is 0 Å². The van der Waals surface area contributed by atoms with E-state index in [4.69, 9.17) is 0 Å². The SMILES string of the molecule is CNC1c2ccccc2C(C)CC1N1CCCCCC1. The molecule has 1 aliphatic heterocycles. The molecule has 1 fully saturated rings. The van der Waals surface area contributed by atoms with Crippen molar-refractivity contribution < 1.29 is 0 Å². The Bertz CT molecular complexity index is 435. The summed E-state index contributed by atoms with van der Waals surface area (Å²) in [5.41, 5.74) is 3.08. The minimum absolute atomic E-state index is 0.500. The lowest BCUT2D eigenvalue weighted by Crippen LogP contribution is -2.47. The highest BCUT2D eigenvalue weighted by molar-refractivity contribution is 5.36. The molecule has 1 heterocycles. The van der Waals surface area contributed by atoms with Gasteiger partial charge in [-0.15, -0.1) is 0 Å². The molecule has 0 aromatic heterocycles. The lowest BCUT2D eigenvalue weighted by atomic mass is 9.77. The fraction of sp³-hybridized carbons (Fsp3) is 0.667. The number of likely N-dealkylation sites (tertiary alicyclic amines) is 1. The molecule has 1 aliphatic carbocycles. The summed E-state index contributed by atoms with van der Waals surface area (Å²) >= 11 is 0. The maximum atomic E-state index is 3.61. The number of benzene rings is 1. The van der Waals surface area contributed by atoms with Crippen LogP contribution in [0.15, 0.2) is 24.3 Å². The van der Waals surface area contributed by atoms with Gasteiger partial charge in [-0.2, -0.15) is 0 Å². The fourth-order valence-corrected chi connectivity index (χ4v) is 4.21. The summed E-state index contributed by atoms with van der Waals surface area (Å²) in [6.45, 7) is 4.98. The number of rotatable bonds is 2. The lowest BCUT2D eigenvalue weighted by Gasteiger charge is -2.43. The average molecular weight is 272 g/mol. The first-order chi connectivity index (χ1) is 9.81. The summed E-state index contributed by atoms with van der Waals surface area (Å²) < 4.78 is 0. The van der Waals surface area contributed by atoms with Gasteiger partial charge < -0.3 is 5.32 Å². The fourth-order valence-electron chi connectivity index (χ4n) is 4.21. The van der Waals surface area contributed by atoms with Gasteiger partial charge >= 0.3 is 0 Å². The van der Waals surface area contributed by atoms with Gasteiger partial charge in [0.1, 0.15) is 0 Å². The van der Waals surface area contributed by atoms with Crippen molar-refractivity contribution in [2.75, 3.05) is 20.1 Å². The van der Waals surface area contributed by atoms with Crippen molar-refractivity contribution in [1.82, 2.24) is 10.2 Å². The van der Waals surface area contributed by atoms with Gasteiger partial charge in [0.05, 0.1) is 0 Å². The Morgan fingerprint density at radius 1 is 1.00 bits per heavy atom. The number of nitrogens with one attached hydrogen (secondary N) is 1. The van der Waals surface area contributed by atoms with Gasteiger partial charge in [0.2, 0.25) is 0 Å². The van der Waals surface area contributed by atoms with Gasteiger partial charge in [-0.3, -0.25) is 4.90 Å². The number of hydrogen-bond acceptors (Lipinski definition) is 2. The monoisotopic (exact) mass is 272 g/mol. The highest BCUT2D eigenvalue weighted by Gasteiger charge is 2.35. The first-order valence-electron chi connectivity index (χ1n) is 8.31. The molecule has 3 unspecified atom stereocenters. The van der Waals surface area contributed by atoms with Crippen molar-refractivity contribution in [3.05, 3.63) is 35.4 Å². The Kier molecular flexibility index (Phi) is 4.42. The van der Waals surface area contributed by atoms with E-state index < -0.39 is 0 Å². The van der Waals surface area contributed by atoms with Crippen molar-refractivity contribution >= 4 is 0 Å². The normalized spacial score (nSPS) is 31.6. The maximum absolute atomic E-state index is 3.61. The number of nitrogens with zero attached hydrogens (tertiary/aromatic N) is 1. The Hall–Kier alpha value is -0.860. The van der Waals surface area contributed by atoms with Crippen molar-refractivity contribution in [2.45, 2.75) is 57.0 Å². The molecular formula is C18H28N2. The summed E-state index contributed by atoms with van der Waals surface area (Å²) in [6.07, 6.45) is 6.88. The third-order valence-electron chi connectivity index (χ3n) is 5.26. The van der Waals surface area contributed by atoms with Crippen LogP contribution in [0.4, 0.5) is 0 Å². The van der Waals surface area contributed by atoms with E-state index in [1.807, 2.05) is 0 Å². The molecule has 2 aliphatic rings. The standard InChI is InChI=1S/C18H28N2/c1-14-13-17(20-11-7-3-4-8-12-20)18(19-2)16-10-6-5-9-15(14)16/h5-6,9-10,14,17-19H,3-4,7-8,11-13H2,1-2H3. The van der Waals surface area contributed by atoms with Crippen LogP contribution in [0.25, 0.3) is 0 Å². The molecule has 0 amide bonds. The summed E-state index contributed by atoms with van der Waals surface area (Å²) in [7, 11) is 2.13. The third-order valence-corrected chi connectivity index (χ3v) is 5.26. The van der Waals surface area contributed by atoms with E-state index in [2.05, 4.69) is 48.5 Å². The molecule has 3 atom stereocenters. The number of hydrogen-bond donors (Lipinski definition) is 1. The summed E-state index contributed by atoms with van der Waals surface area (Å²) in [5, 5.41) is 3.61. The topological polar surface area (TPSA) is 15.3 Å². The highest BCUT2D eigenvalue weighted by atomic mass is 15.2. The molecule has 1 saturated heterocycles. The molecule has 0 radical (unpaired) electrons. The molecule has 110 valence electrons. The highest BCUT2D eigenvalue weighted by Crippen LogP contribution is 2.39. The van der Waals surface area contributed by atoms with Gasteiger partial charge in [0, 0.05) is 12.1 Å². The Balaban J connectivity index is 1.88. The second-order valence-corrected chi connectivity index (χ2v) is 6.55. The first kappa shape index (κ1) is 14.1. The number of likely N-dealkylation sites (N-methyl/N-ethyl adjacent to an activating group) is 1. The van der Waals surface area contributed by atoms with Crippen LogP contribution in [0.5, 0.6) is 0 Å². The van der Waals surface area contributed by atoms with Crippen LogP contribution in [0.1, 0.15) is 62.1 Å². The smallest absolute Gasteiger partial charge is 0.0478 e. The molecule has 0 bridgehead atoms. The van der Waals surface area contributed by atoms with Crippen LogP contribution < -0.4 is 5.32 Å². The molecule has 0 spiro atoms. The van der Waals surface area contributed by atoms with Crippen molar-refractivity contribution in [3.63, 3.8) is 0 Å². The third kappa shape index (κ3) is 2.64. The van der Waals surface area contributed by atoms with Crippen LogP contribution in [0.3, 0.4) is 0 Å². The molecule has 2 nitrogen and oxygen atoms in total. The van der Waals surface area contributed by atoms with Crippen molar-refractivity contribution in [2.24, 2.45) is 0 Å². The minimum atomic E-state index is 0.500. The molecule has 1 aromatic rings. The van der Waals surface area contributed by atoms with E-state index in [1.165, 1.54) is 50.8 Å². The first-order valence-corrected chi connectivity index (χ1v) is 8.31. The second kappa shape index (κ2) is 6.28. The Morgan fingerprint density at radius 3 is 2.30 bits per heavy atom. The summed E-state index contributed by atoms with van der Waals surface area (Å²) in [6, 6.07) is 10.2. The maximum Gasteiger partial charge on any atom is 0.0478 e. The van der Waals surface area contributed by atoms with Crippen LogP contribution in [-0.4, -0.2) is 31.1 Å². The second-order valence-electron chi connectivity index (χ2n) is 6.55. The summed E-state index contributed by atoms with van der Waals surface area (Å²) in [5.74, 6) is 0.684. The van der Waals surface area contributed by atoms with Crippen LogP contribution in [-0.2, 0) is 0 Å². The van der Waals surface area contributed by atoms with Crippen LogP contribution >= 0.6 is 0 Å². The molecule has 0 saturated carbocycles. The minimum Gasteiger partial charge on any atom is -0.312 e. The Labute approximate surface area is 123 Å². The van der Waals surface area contributed by atoms with E-state index in [1.54, 1.807) is 5.56 Å². The van der Waals surface area contributed by atoms with Gasteiger partial charge in [0.15, 0.2) is 0 Å². The van der Waals surface area contributed by atoms with E-state index in [9.17, 15) is 0 Å². The van der Waals surface area contributed by atoms with Gasteiger partial charge in [-0.25, -0.2) is 0 Å². The van der Waals surface area contributed by atoms with Gasteiger partial charge in [-0.1, -0.05) is 44.0 Å². The predicted octanol–water partition coefficient (Wildman–Crippen LogP) is 3.70. The average Bonchev–Trinajstić information content (AvgIpc) is 2.76. The van der Waals surface area contributed by atoms with Crippen molar-refractivity contribution in [3.8, 4) is 0 Å². The molecular weight excluding hydrogens is 244 g/mol. The van der Waals surface area contributed by atoms with E-state index in [0.29, 0.717) is 18.0 Å². The zero-order valence-electron chi connectivity index (χ0n) is 12.9. The van der Waals surface area contributed by atoms with E-state index >= 15 is 0 Å². The van der Waals surface area contributed by atoms with Gasteiger partial charge in [0.25, 0.3) is 0 Å². The van der Waals surface area contributed by atoms with Crippen LogP contribution in [0.2, 0.25) is 0 Å². The number of fused-ring (bicyclic) bond motifs is 1. The molecule has 3 rings (SSSR count). The predicted molar refractivity (Wildman–Crippen MR) is 85.1 cm³/mol. The largest absolute Gasteiger partial charge is 0.312 e. The van der Waals surface area contributed by atoms with E-state index in [-0.39, 0.29) is 0 Å². The lowest BCUT2D eigenvalue weighted by molar-refractivity contribution is 0.140. The quantitative estimate of drug-likeness (QED) is 0.883. The zero-order chi connectivity index (χ0) is 13.9. The Morgan fingerprint density at radius 2 is 1.65 bits per heavy atom. The van der Waals surface area contributed by atoms with Gasteiger partial charge in [-0.05, 0) is 56.4 Å².